The lowest BCUT2D eigenvalue weighted by molar-refractivity contribution is 0.475. The number of rotatable bonds is 2. The van der Waals surface area contributed by atoms with Gasteiger partial charge in [-0.25, -0.2) is 0 Å². The molecule has 0 saturated carbocycles. The third-order valence-corrected chi connectivity index (χ3v) is 4.80. The van der Waals surface area contributed by atoms with E-state index in [0.29, 0.717) is 33.1 Å². The van der Waals surface area contributed by atoms with E-state index in [1.54, 1.807) is 31.2 Å². The molecule has 3 rings (SSSR count). The maximum atomic E-state index is 9.84. The highest BCUT2D eigenvalue weighted by Crippen LogP contribution is 2.41. The zero-order valence-corrected chi connectivity index (χ0v) is 15.2. The minimum absolute atomic E-state index is 0.0519. The fourth-order valence-electron chi connectivity index (χ4n) is 2.98. The molecule has 0 aromatic heterocycles. The highest BCUT2D eigenvalue weighted by Gasteiger charge is 2.31. The predicted octanol–water partition coefficient (Wildman–Crippen LogP) is 5.12. The molecule has 1 aliphatic rings. The van der Waals surface area contributed by atoms with E-state index in [1.165, 1.54) is 6.07 Å². The van der Waals surface area contributed by atoms with Gasteiger partial charge in [-0.2, -0.15) is 10.5 Å². The third-order valence-electron chi connectivity index (χ3n) is 4.24. The molecule has 2 N–H and O–H groups in total. The minimum atomic E-state index is -0.574. The Morgan fingerprint density at radius 2 is 1.65 bits per heavy atom. The van der Waals surface area contributed by atoms with Gasteiger partial charge in [0.05, 0.1) is 39.9 Å². The number of aromatic hydroxyl groups is 1. The zero-order chi connectivity index (χ0) is 18.8. The number of hydrogen-bond acceptors (Lipinski definition) is 4. The third kappa shape index (κ3) is 3.13. The summed E-state index contributed by atoms with van der Waals surface area (Å²) in [5.74, 6) is -0.626. The first kappa shape index (κ1) is 17.9. The maximum Gasteiger partial charge on any atom is 0.134 e. The molecule has 0 amide bonds. The summed E-state index contributed by atoms with van der Waals surface area (Å²) >= 11 is 12.0. The Hall–Kier alpha value is -2.92. The van der Waals surface area contributed by atoms with Crippen molar-refractivity contribution in [3.8, 4) is 17.9 Å². The summed E-state index contributed by atoms with van der Waals surface area (Å²) in [7, 11) is 0. The molecule has 0 radical (unpaired) electrons. The first-order chi connectivity index (χ1) is 12.5. The van der Waals surface area contributed by atoms with E-state index in [9.17, 15) is 15.6 Å². The predicted molar refractivity (Wildman–Crippen MR) is 101 cm³/mol. The van der Waals surface area contributed by atoms with Gasteiger partial charge in [-0.05, 0) is 42.3 Å². The lowest BCUT2D eigenvalue weighted by atomic mass is 9.80. The van der Waals surface area contributed by atoms with Crippen LogP contribution in [0, 0.1) is 22.7 Å². The summed E-state index contributed by atoms with van der Waals surface area (Å²) < 4.78 is 0. The Bertz CT molecular complexity index is 1020. The van der Waals surface area contributed by atoms with Crippen LogP contribution in [-0.4, -0.2) is 5.11 Å². The number of phenols is 1. The number of phenolic OH excluding ortho intramolecular Hbond substituents is 1. The van der Waals surface area contributed by atoms with Gasteiger partial charge in [-0.3, -0.25) is 0 Å². The Labute approximate surface area is 161 Å². The van der Waals surface area contributed by atoms with Gasteiger partial charge in [0, 0.05) is 10.7 Å². The molecule has 1 aliphatic heterocycles. The molecule has 0 fully saturated rings. The fourth-order valence-corrected chi connectivity index (χ4v) is 3.29. The van der Waals surface area contributed by atoms with Crippen molar-refractivity contribution in [2.75, 3.05) is 0 Å². The molecule has 0 bridgehead atoms. The Morgan fingerprint density at radius 1 is 1.00 bits per heavy atom. The van der Waals surface area contributed by atoms with Crippen molar-refractivity contribution in [3.63, 3.8) is 0 Å². The first-order valence-corrected chi connectivity index (χ1v) is 8.48. The van der Waals surface area contributed by atoms with Gasteiger partial charge in [0.25, 0.3) is 0 Å². The van der Waals surface area contributed by atoms with E-state index in [4.69, 9.17) is 23.2 Å². The van der Waals surface area contributed by atoms with Crippen LogP contribution in [0.1, 0.15) is 24.0 Å². The summed E-state index contributed by atoms with van der Waals surface area (Å²) in [6, 6.07) is 16.2. The summed E-state index contributed by atoms with van der Waals surface area (Å²) in [5.41, 5.74) is 3.56. The molecular formula is C20H13Cl2N3O. The van der Waals surface area contributed by atoms with Crippen LogP contribution in [-0.2, 0) is 0 Å². The molecule has 1 atom stereocenters. The van der Waals surface area contributed by atoms with Crippen molar-refractivity contribution < 1.29 is 5.11 Å². The maximum absolute atomic E-state index is 9.84. The van der Waals surface area contributed by atoms with Gasteiger partial charge in [0.1, 0.15) is 5.75 Å². The summed E-state index contributed by atoms with van der Waals surface area (Å²) in [4.78, 5) is 0. The zero-order valence-electron chi connectivity index (χ0n) is 13.7. The molecule has 128 valence electrons. The van der Waals surface area contributed by atoms with Crippen molar-refractivity contribution in [3.05, 3.63) is 80.5 Å². The van der Waals surface area contributed by atoms with Gasteiger partial charge in [-0.15, -0.1) is 0 Å². The molecule has 26 heavy (non-hydrogen) atoms. The smallest absolute Gasteiger partial charge is 0.134 e. The number of allylic oxidation sites excluding steroid dienone is 3. The second kappa shape index (κ2) is 7.14. The average molecular weight is 382 g/mol. The van der Waals surface area contributed by atoms with Crippen LogP contribution in [0.15, 0.2) is 59.3 Å². The Morgan fingerprint density at radius 3 is 2.23 bits per heavy atom. The molecule has 6 heteroatoms. The van der Waals surface area contributed by atoms with Crippen molar-refractivity contribution in [2.24, 2.45) is 0 Å². The summed E-state index contributed by atoms with van der Waals surface area (Å²) in [5, 5.41) is 33.1. The van der Waals surface area contributed by atoms with Crippen molar-refractivity contribution in [1.82, 2.24) is 5.32 Å². The van der Waals surface area contributed by atoms with E-state index in [0.717, 1.165) is 5.56 Å². The van der Waals surface area contributed by atoms with E-state index in [1.807, 2.05) is 12.1 Å². The largest absolute Gasteiger partial charge is 0.506 e. The van der Waals surface area contributed by atoms with Crippen molar-refractivity contribution in [2.45, 2.75) is 12.8 Å². The van der Waals surface area contributed by atoms with Crippen LogP contribution in [0.2, 0.25) is 10.0 Å². The number of benzene rings is 2. The second-order valence-electron chi connectivity index (χ2n) is 5.83. The second-order valence-corrected chi connectivity index (χ2v) is 6.67. The van der Waals surface area contributed by atoms with E-state index >= 15 is 0 Å². The SMILES string of the molecule is CC1=C(C#N)C(c2ccc(O)c(Cl)c2)C(C#N)=C(c2ccc(Cl)cc2)N1. The van der Waals surface area contributed by atoms with E-state index < -0.39 is 5.92 Å². The number of halogens is 2. The molecule has 2 aromatic rings. The molecule has 0 saturated heterocycles. The number of dihydropyridines is 1. The normalized spacial score (nSPS) is 16.7. The molecule has 1 heterocycles. The number of nitrogens with one attached hydrogen (secondary N) is 1. The van der Waals surface area contributed by atoms with Crippen LogP contribution in [0.4, 0.5) is 0 Å². The number of hydrogen-bond donors (Lipinski definition) is 2. The highest BCUT2D eigenvalue weighted by atomic mass is 35.5. The topological polar surface area (TPSA) is 79.8 Å². The molecule has 1 unspecified atom stereocenters. The van der Waals surface area contributed by atoms with E-state index in [2.05, 4.69) is 17.5 Å². The lowest BCUT2D eigenvalue weighted by Crippen LogP contribution is -2.24. The van der Waals surface area contributed by atoms with Crippen LogP contribution >= 0.6 is 23.2 Å². The molecule has 4 nitrogen and oxygen atoms in total. The summed E-state index contributed by atoms with van der Waals surface area (Å²) in [6.45, 7) is 1.79. The molecule has 0 spiro atoms. The molecular weight excluding hydrogens is 369 g/mol. The fraction of sp³-hybridized carbons (Fsp3) is 0.100. The van der Waals surface area contributed by atoms with Gasteiger partial charge in [0.15, 0.2) is 0 Å². The quantitative estimate of drug-likeness (QED) is 0.756. The van der Waals surface area contributed by atoms with Crippen molar-refractivity contribution in [1.29, 1.82) is 10.5 Å². The first-order valence-electron chi connectivity index (χ1n) is 7.72. The van der Waals surface area contributed by atoms with Gasteiger partial charge in [-0.1, -0.05) is 41.4 Å². The van der Waals surface area contributed by atoms with Gasteiger partial charge in [0.2, 0.25) is 0 Å². The summed E-state index contributed by atoms with van der Waals surface area (Å²) in [6.07, 6.45) is 0. The molecule has 2 aromatic carbocycles. The van der Waals surface area contributed by atoms with Crippen LogP contribution < -0.4 is 5.32 Å². The average Bonchev–Trinajstić information content (AvgIpc) is 2.63. The van der Waals surface area contributed by atoms with Crippen LogP contribution in [0.5, 0.6) is 5.75 Å². The Balaban J connectivity index is 2.24. The molecule has 0 aliphatic carbocycles. The standard InChI is InChI=1S/C20H13Cl2N3O/c1-11-15(9-23)19(13-4-7-18(26)17(22)8-13)16(10-24)20(25-11)12-2-5-14(21)6-3-12/h2-8,19,25-26H,1H3. The monoisotopic (exact) mass is 381 g/mol. The van der Waals surface area contributed by atoms with Crippen molar-refractivity contribution >= 4 is 28.9 Å². The Kier molecular flexibility index (Phi) is 4.91. The number of nitrogens with zero attached hydrogens (tertiary/aromatic N) is 2. The van der Waals surface area contributed by atoms with Gasteiger partial charge < -0.3 is 10.4 Å². The van der Waals surface area contributed by atoms with E-state index in [-0.39, 0.29) is 10.8 Å². The van der Waals surface area contributed by atoms with Crippen LogP contribution in [0.3, 0.4) is 0 Å². The van der Waals surface area contributed by atoms with Gasteiger partial charge >= 0.3 is 0 Å². The highest BCUT2D eigenvalue weighted by molar-refractivity contribution is 6.32. The minimum Gasteiger partial charge on any atom is -0.506 e. The lowest BCUT2D eigenvalue weighted by Gasteiger charge is -2.28. The number of nitriles is 2. The van der Waals surface area contributed by atoms with Crippen LogP contribution in [0.25, 0.3) is 5.70 Å².